The molecule has 3 amide bonds. The molecule has 2 fully saturated rings. The van der Waals surface area contributed by atoms with Gasteiger partial charge in [-0.3, -0.25) is 4.79 Å². The topological polar surface area (TPSA) is 61.9 Å². The van der Waals surface area contributed by atoms with E-state index in [-0.39, 0.29) is 30.1 Å². The van der Waals surface area contributed by atoms with Crippen LogP contribution in [-0.2, 0) is 9.53 Å². The fourth-order valence-electron chi connectivity index (χ4n) is 4.52. The zero-order chi connectivity index (χ0) is 19.2. The summed E-state index contributed by atoms with van der Waals surface area (Å²) < 4.78 is 5.72. The van der Waals surface area contributed by atoms with Gasteiger partial charge in [0.2, 0.25) is 5.91 Å². The standard InChI is InChI=1S/C21H35N3O3/c1-16-14-24(15-17(2)27-16)20(25)19-9-12-23(13-10-19)21(26)22-11-8-18-6-4-3-5-7-18/h6,16-17,19H,3-5,7-15H2,1-2H3,(H,22,26)/t16-,17+. The van der Waals surface area contributed by atoms with Gasteiger partial charge in [-0.15, -0.1) is 0 Å². The Balaban J connectivity index is 1.38. The molecule has 6 heteroatoms. The number of carbonyl (C=O) groups is 2. The molecule has 152 valence electrons. The minimum atomic E-state index is 0.0194. The number of morpholine rings is 1. The van der Waals surface area contributed by atoms with E-state index in [0.717, 1.165) is 19.3 Å². The van der Waals surface area contributed by atoms with Crippen LogP contribution in [-0.4, -0.2) is 66.7 Å². The van der Waals surface area contributed by atoms with E-state index >= 15 is 0 Å². The van der Waals surface area contributed by atoms with Crippen molar-refractivity contribution in [1.82, 2.24) is 15.1 Å². The fourth-order valence-corrected chi connectivity index (χ4v) is 4.52. The van der Waals surface area contributed by atoms with Crippen LogP contribution in [0.5, 0.6) is 0 Å². The Kier molecular flexibility index (Phi) is 7.16. The Labute approximate surface area is 163 Å². The SMILES string of the molecule is C[C@@H]1CN(C(=O)C2CCN(C(=O)NCCC3=CCCCC3)CC2)C[C@H](C)O1. The quantitative estimate of drug-likeness (QED) is 0.766. The summed E-state index contributed by atoms with van der Waals surface area (Å²) in [6.45, 7) is 7.45. The van der Waals surface area contributed by atoms with Gasteiger partial charge >= 0.3 is 6.03 Å². The molecule has 0 saturated carbocycles. The minimum absolute atomic E-state index is 0.0194. The van der Waals surface area contributed by atoms with Crippen LogP contribution >= 0.6 is 0 Å². The molecule has 3 rings (SSSR count). The number of allylic oxidation sites excluding steroid dienone is 1. The highest BCUT2D eigenvalue weighted by Crippen LogP contribution is 2.23. The van der Waals surface area contributed by atoms with Crippen LogP contribution in [0, 0.1) is 5.92 Å². The number of hydrogen-bond acceptors (Lipinski definition) is 3. The van der Waals surface area contributed by atoms with Crippen LogP contribution in [0.3, 0.4) is 0 Å². The zero-order valence-corrected chi connectivity index (χ0v) is 16.9. The number of carbonyl (C=O) groups excluding carboxylic acids is 2. The van der Waals surface area contributed by atoms with Gasteiger partial charge in [-0.1, -0.05) is 11.6 Å². The lowest BCUT2D eigenvalue weighted by Gasteiger charge is -2.39. The van der Waals surface area contributed by atoms with Gasteiger partial charge in [0.15, 0.2) is 0 Å². The monoisotopic (exact) mass is 377 g/mol. The maximum absolute atomic E-state index is 12.8. The van der Waals surface area contributed by atoms with Gasteiger partial charge in [-0.2, -0.15) is 0 Å². The molecule has 6 nitrogen and oxygen atoms in total. The van der Waals surface area contributed by atoms with E-state index in [2.05, 4.69) is 11.4 Å². The van der Waals surface area contributed by atoms with Crippen LogP contribution in [0.1, 0.15) is 58.8 Å². The van der Waals surface area contributed by atoms with E-state index in [1.165, 1.54) is 31.3 Å². The molecule has 0 radical (unpaired) electrons. The highest BCUT2D eigenvalue weighted by Gasteiger charge is 2.33. The predicted molar refractivity (Wildman–Crippen MR) is 105 cm³/mol. The van der Waals surface area contributed by atoms with Gasteiger partial charge in [0.05, 0.1) is 12.2 Å². The molecule has 0 aromatic rings. The normalized spacial score (nSPS) is 27.3. The number of rotatable bonds is 4. The molecular weight excluding hydrogens is 342 g/mol. The summed E-state index contributed by atoms with van der Waals surface area (Å²) in [6.07, 6.45) is 9.97. The van der Waals surface area contributed by atoms with E-state index < -0.39 is 0 Å². The Morgan fingerprint density at radius 1 is 1.11 bits per heavy atom. The maximum atomic E-state index is 12.8. The number of nitrogens with one attached hydrogen (secondary N) is 1. The summed E-state index contributed by atoms with van der Waals surface area (Å²) in [6, 6.07) is 0.0194. The molecule has 2 heterocycles. The Morgan fingerprint density at radius 3 is 2.44 bits per heavy atom. The van der Waals surface area contributed by atoms with Crippen molar-refractivity contribution in [2.24, 2.45) is 5.92 Å². The van der Waals surface area contributed by atoms with Gasteiger partial charge in [0.25, 0.3) is 0 Å². The first-order valence-corrected chi connectivity index (χ1v) is 10.7. The van der Waals surface area contributed by atoms with Gasteiger partial charge in [0, 0.05) is 38.6 Å². The third-order valence-electron chi connectivity index (χ3n) is 5.97. The van der Waals surface area contributed by atoms with E-state index in [9.17, 15) is 9.59 Å². The predicted octanol–water partition coefficient (Wildman–Crippen LogP) is 2.93. The van der Waals surface area contributed by atoms with E-state index in [1.807, 2.05) is 23.6 Å². The lowest BCUT2D eigenvalue weighted by Crippen LogP contribution is -2.52. The Bertz CT molecular complexity index is 545. The average molecular weight is 378 g/mol. The Hall–Kier alpha value is -1.56. The molecule has 2 saturated heterocycles. The number of amides is 3. The number of nitrogens with zero attached hydrogens (tertiary/aromatic N) is 2. The lowest BCUT2D eigenvalue weighted by molar-refractivity contribution is -0.148. The summed E-state index contributed by atoms with van der Waals surface area (Å²) in [5, 5.41) is 3.05. The second-order valence-corrected chi connectivity index (χ2v) is 8.35. The highest BCUT2D eigenvalue weighted by atomic mass is 16.5. The molecular formula is C21H35N3O3. The van der Waals surface area contributed by atoms with E-state index in [1.54, 1.807) is 0 Å². The summed E-state index contributed by atoms with van der Waals surface area (Å²) in [5.41, 5.74) is 1.49. The van der Waals surface area contributed by atoms with Crippen molar-refractivity contribution in [2.45, 2.75) is 71.0 Å². The molecule has 0 unspecified atom stereocenters. The molecule has 0 bridgehead atoms. The summed E-state index contributed by atoms with van der Waals surface area (Å²) in [4.78, 5) is 29.0. The molecule has 0 aromatic carbocycles. The third kappa shape index (κ3) is 5.71. The lowest BCUT2D eigenvalue weighted by atomic mass is 9.95. The molecule has 2 atom stereocenters. The van der Waals surface area contributed by atoms with Gasteiger partial charge in [-0.25, -0.2) is 4.79 Å². The summed E-state index contributed by atoms with van der Waals surface area (Å²) >= 11 is 0. The average Bonchev–Trinajstić information content (AvgIpc) is 2.67. The number of hydrogen-bond donors (Lipinski definition) is 1. The first-order chi connectivity index (χ1) is 13.0. The Morgan fingerprint density at radius 2 is 1.81 bits per heavy atom. The van der Waals surface area contributed by atoms with Crippen molar-refractivity contribution >= 4 is 11.9 Å². The fraction of sp³-hybridized carbons (Fsp3) is 0.810. The molecule has 0 spiro atoms. The number of piperidine rings is 1. The van der Waals surface area contributed by atoms with Gasteiger partial charge in [0.1, 0.15) is 0 Å². The summed E-state index contributed by atoms with van der Waals surface area (Å²) in [7, 11) is 0. The maximum Gasteiger partial charge on any atom is 0.317 e. The van der Waals surface area contributed by atoms with Crippen LogP contribution in [0.2, 0.25) is 0 Å². The molecule has 3 aliphatic rings. The highest BCUT2D eigenvalue weighted by molar-refractivity contribution is 5.80. The molecule has 2 aliphatic heterocycles. The first-order valence-electron chi connectivity index (χ1n) is 10.7. The van der Waals surface area contributed by atoms with Crippen molar-refractivity contribution in [3.8, 4) is 0 Å². The van der Waals surface area contributed by atoms with Gasteiger partial charge in [-0.05, 0) is 58.8 Å². The molecule has 1 aliphatic carbocycles. The smallest absolute Gasteiger partial charge is 0.317 e. The second kappa shape index (κ2) is 9.58. The number of ether oxygens (including phenoxy) is 1. The van der Waals surface area contributed by atoms with Crippen LogP contribution < -0.4 is 5.32 Å². The molecule has 27 heavy (non-hydrogen) atoms. The van der Waals surface area contributed by atoms with Crippen molar-refractivity contribution in [2.75, 3.05) is 32.7 Å². The second-order valence-electron chi connectivity index (χ2n) is 8.35. The van der Waals surface area contributed by atoms with Crippen LogP contribution in [0.25, 0.3) is 0 Å². The summed E-state index contributed by atoms with van der Waals surface area (Å²) in [5.74, 6) is 0.278. The van der Waals surface area contributed by atoms with Crippen molar-refractivity contribution in [1.29, 1.82) is 0 Å². The van der Waals surface area contributed by atoms with Crippen molar-refractivity contribution in [3.63, 3.8) is 0 Å². The number of likely N-dealkylation sites (tertiary alicyclic amines) is 1. The molecule has 1 N–H and O–H groups in total. The third-order valence-corrected chi connectivity index (χ3v) is 5.97. The first kappa shape index (κ1) is 20.2. The van der Waals surface area contributed by atoms with Gasteiger partial charge < -0.3 is 19.9 Å². The van der Waals surface area contributed by atoms with Crippen molar-refractivity contribution in [3.05, 3.63) is 11.6 Å². The van der Waals surface area contributed by atoms with E-state index in [4.69, 9.17) is 4.74 Å². The molecule has 0 aromatic heterocycles. The van der Waals surface area contributed by atoms with Crippen LogP contribution in [0.15, 0.2) is 11.6 Å². The van der Waals surface area contributed by atoms with Crippen LogP contribution in [0.4, 0.5) is 4.79 Å². The zero-order valence-electron chi connectivity index (χ0n) is 16.9. The minimum Gasteiger partial charge on any atom is -0.372 e. The van der Waals surface area contributed by atoms with E-state index in [0.29, 0.717) is 32.7 Å². The number of urea groups is 1. The largest absolute Gasteiger partial charge is 0.372 e. The van der Waals surface area contributed by atoms with Crippen molar-refractivity contribution < 1.29 is 14.3 Å².